The van der Waals surface area contributed by atoms with Crippen LogP contribution in [0.2, 0.25) is 0 Å². The molecule has 8 nitrogen and oxygen atoms in total. The molecule has 0 aliphatic carbocycles. The summed E-state index contributed by atoms with van der Waals surface area (Å²) in [5, 5.41) is 3.51. The maximum Gasteiger partial charge on any atom is 0.251 e. The van der Waals surface area contributed by atoms with Gasteiger partial charge in [-0.25, -0.2) is 9.97 Å². The Hall–Kier alpha value is -4.24. The van der Waals surface area contributed by atoms with E-state index in [4.69, 9.17) is 4.74 Å². The van der Waals surface area contributed by atoms with Crippen molar-refractivity contribution in [1.29, 1.82) is 0 Å². The Kier molecular flexibility index (Phi) is 9.27. The molecule has 9 heteroatoms. The predicted molar refractivity (Wildman–Crippen MR) is 153 cm³/mol. The number of ether oxygens (including phenoxy) is 1. The van der Waals surface area contributed by atoms with E-state index in [0.29, 0.717) is 22.2 Å². The van der Waals surface area contributed by atoms with Gasteiger partial charge in [-0.3, -0.25) is 14.6 Å². The molecule has 2 amide bonds. The van der Waals surface area contributed by atoms with Crippen molar-refractivity contribution in [2.24, 2.45) is 0 Å². The van der Waals surface area contributed by atoms with E-state index >= 15 is 0 Å². The van der Waals surface area contributed by atoms with Gasteiger partial charge < -0.3 is 15.0 Å². The molecule has 0 fully saturated rings. The standard InChI is InChI=1S/C30H31N5O3S/c1-20-7-9-24(10-8-20)28(29(37)34-25-11-13-26(38-4)14-12-25)35(18-23-6-5-15-31-17-23)27(36)19-39-30-32-21(2)16-22(3)33-30/h5-17,28H,18-19H2,1-4H3,(H,34,37)/t28-/m1/s1. The molecule has 0 radical (unpaired) electrons. The van der Waals surface area contributed by atoms with Crippen molar-refractivity contribution in [2.45, 2.75) is 38.5 Å². The van der Waals surface area contributed by atoms with Gasteiger partial charge in [-0.15, -0.1) is 0 Å². The van der Waals surface area contributed by atoms with Crippen LogP contribution in [0.4, 0.5) is 5.69 Å². The van der Waals surface area contributed by atoms with Gasteiger partial charge in [0.2, 0.25) is 5.91 Å². The van der Waals surface area contributed by atoms with Gasteiger partial charge >= 0.3 is 0 Å². The molecule has 4 aromatic rings. The number of amides is 2. The van der Waals surface area contributed by atoms with Crippen LogP contribution in [0.25, 0.3) is 0 Å². The van der Waals surface area contributed by atoms with Crippen LogP contribution in [-0.2, 0) is 16.1 Å². The van der Waals surface area contributed by atoms with Crippen molar-refractivity contribution >= 4 is 29.3 Å². The number of nitrogens with one attached hydrogen (secondary N) is 1. The predicted octanol–water partition coefficient (Wildman–Crippen LogP) is 5.31. The lowest BCUT2D eigenvalue weighted by molar-refractivity contribution is -0.137. The Morgan fingerprint density at radius 3 is 2.28 bits per heavy atom. The second-order valence-electron chi connectivity index (χ2n) is 9.14. The molecule has 0 aliphatic heterocycles. The minimum atomic E-state index is -0.888. The van der Waals surface area contributed by atoms with Crippen LogP contribution in [0.15, 0.2) is 84.3 Å². The third kappa shape index (κ3) is 7.64. The Bertz CT molecular complexity index is 1390. The third-order valence-electron chi connectivity index (χ3n) is 5.99. The number of rotatable bonds is 10. The van der Waals surface area contributed by atoms with Crippen LogP contribution in [-0.4, -0.2) is 44.5 Å². The van der Waals surface area contributed by atoms with Crippen LogP contribution in [0.3, 0.4) is 0 Å². The van der Waals surface area contributed by atoms with Crippen LogP contribution in [0.5, 0.6) is 5.75 Å². The molecule has 2 heterocycles. The zero-order chi connectivity index (χ0) is 27.8. The van der Waals surface area contributed by atoms with E-state index in [1.165, 1.54) is 11.8 Å². The first-order valence-corrected chi connectivity index (χ1v) is 13.5. The lowest BCUT2D eigenvalue weighted by Crippen LogP contribution is -2.41. The summed E-state index contributed by atoms with van der Waals surface area (Å²) >= 11 is 1.26. The van der Waals surface area contributed by atoms with Gasteiger partial charge in [0.25, 0.3) is 5.91 Å². The lowest BCUT2D eigenvalue weighted by atomic mass is 10.0. The van der Waals surface area contributed by atoms with Crippen LogP contribution < -0.4 is 10.1 Å². The highest BCUT2D eigenvalue weighted by Gasteiger charge is 2.32. The number of carbonyl (C=O) groups is 2. The summed E-state index contributed by atoms with van der Waals surface area (Å²) in [6.07, 6.45) is 3.38. The largest absolute Gasteiger partial charge is 0.497 e. The number of pyridine rings is 1. The summed E-state index contributed by atoms with van der Waals surface area (Å²) in [5.74, 6) is 0.208. The second kappa shape index (κ2) is 13.0. The first kappa shape index (κ1) is 27.8. The van der Waals surface area contributed by atoms with E-state index in [1.807, 2.05) is 63.2 Å². The first-order chi connectivity index (χ1) is 18.8. The number of nitrogens with zero attached hydrogens (tertiary/aromatic N) is 4. The molecule has 1 atom stereocenters. The number of thioether (sulfide) groups is 1. The molecule has 39 heavy (non-hydrogen) atoms. The summed E-state index contributed by atoms with van der Waals surface area (Å²) in [6.45, 7) is 5.98. The first-order valence-electron chi connectivity index (χ1n) is 12.5. The summed E-state index contributed by atoms with van der Waals surface area (Å²) in [6, 6.07) is 19.4. The van der Waals surface area contributed by atoms with Crippen molar-refractivity contribution in [3.05, 3.63) is 107 Å². The number of benzene rings is 2. The number of carbonyl (C=O) groups excluding carboxylic acids is 2. The minimum absolute atomic E-state index is 0.0708. The van der Waals surface area contributed by atoms with Crippen LogP contribution in [0, 0.1) is 20.8 Å². The fourth-order valence-corrected chi connectivity index (χ4v) is 4.92. The Labute approximate surface area is 232 Å². The monoisotopic (exact) mass is 541 g/mol. The van der Waals surface area contributed by atoms with Gasteiger partial charge in [-0.05, 0) is 68.3 Å². The fraction of sp³-hybridized carbons (Fsp3) is 0.233. The summed E-state index contributed by atoms with van der Waals surface area (Å²) < 4.78 is 5.23. The molecule has 0 aliphatic rings. The maximum absolute atomic E-state index is 13.9. The zero-order valence-corrected chi connectivity index (χ0v) is 23.2. The topological polar surface area (TPSA) is 97.3 Å². The Morgan fingerprint density at radius 2 is 1.67 bits per heavy atom. The van der Waals surface area contributed by atoms with E-state index in [2.05, 4.69) is 20.3 Å². The maximum atomic E-state index is 13.9. The summed E-state index contributed by atoms with van der Waals surface area (Å²) in [4.78, 5) is 42.4. The second-order valence-corrected chi connectivity index (χ2v) is 10.1. The molecule has 0 bridgehead atoms. The van der Waals surface area contributed by atoms with E-state index in [1.54, 1.807) is 48.7 Å². The van der Waals surface area contributed by atoms with Gasteiger partial charge in [0.15, 0.2) is 5.16 Å². The van der Waals surface area contributed by atoms with E-state index in [9.17, 15) is 9.59 Å². The van der Waals surface area contributed by atoms with Crippen LogP contribution >= 0.6 is 11.8 Å². The number of methoxy groups -OCH3 is 1. The smallest absolute Gasteiger partial charge is 0.251 e. The lowest BCUT2D eigenvalue weighted by Gasteiger charge is -2.31. The van der Waals surface area contributed by atoms with Gasteiger partial charge in [0.1, 0.15) is 11.8 Å². The molecule has 2 aromatic carbocycles. The summed E-state index contributed by atoms with van der Waals surface area (Å²) in [5.41, 5.74) is 4.84. The molecule has 2 aromatic heterocycles. The van der Waals surface area contributed by atoms with Gasteiger partial charge in [0, 0.05) is 36.0 Å². The van der Waals surface area contributed by atoms with Gasteiger partial charge in [-0.1, -0.05) is 47.7 Å². The summed E-state index contributed by atoms with van der Waals surface area (Å²) in [7, 11) is 1.59. The number of aryl methyl sites for hydroxylation is 3. The molecular weight excluding hydrogens is 510 g/mol. The SMILES string of the molecule is COc1ccc(NC(=O)[C@@H](c2ccc(C)cc2)N(Cc2cccnc2)C(=O)CSc2nc(C)cc(C)n2)cc1. The Morgan fingerprint density at radius 1 is 0.974 bits per heavy atom. The van der Waals surface area contributed by atoms with Gasteiger partial charge in [-0.2, -0.15) is 0 Å². The molecule has 0 saturated carbocycles. The van der Waals surface area contributed by atoms with Crippen molar-refractivity contribution in [2.75, 3.05) is 18.2 Å². The van der Waals surface area contributed by atoms with Crippen molar-refractivity contribution in [3.63, 3.8) is 0 Å². The highest BCUT2D eigenvalue weighted by atomic mass is 32.2. The average Bonchev–Trinajstić information content (AvgIpc) is 2.93. The van der Waals surface area contributed by atoms with Crippen molar-refractivity contribution < 1.29 is 14.3 Å². The van der Waals surface area contributed by atoms with E-state index < -0.39 is 6.04 Å². The number of hydrogen-bond donors (Lipinski definition) is 1. The normalized spacial score (nSPS) is 11.5. The Balaban J connectivity index is 1.67. The van der Waals surface area contributed by atoms with Crippen molar-refractivity contribution in [1.82, 2.24) is 19.9 Å². The molecule has 1 N–H and O–H groups in total. The average molecular weight is 542 g/mol. The van der Waals surface area contributed by atoms with Crippen molar-refractivity contribution in [3.8, 4) is 5.75 Å². The number of aromatic nitrogens is 3. The van der Waals surface area contributed by atoms with Gasteiger partial charge in [0.05, 0.1) is 12.9 Å². The molecule has 200 valence electrons. The zero-order valence-electron chi connectivity index (χ0n) is 22.4. The minimum Gasteiger partial charge on any atom is -0.497 e. The third-order valence-corrected chi connectivity index (χ3v) is 6.83. The van der Waals surface area contributed by atoms with Crippen LogP contribution in [0.1, 0.15) is 34.1 Å². The molecular formula is C30H31N5O3S. The fourth-order valence-electron chi connectivity index (χ4n) is 4.09. The molecule has 0 saturated heterocycles. The highest BCUT2D eigenvalue weighted by Crippen LogP contribution is 2.28. The molecule has 0 spiro atoms. The number of anilines is 1. The quantitative estimate of drug-likeness (QED) is 0.215. The number of hydrogen-bond acceptors (Lipinski definition) is 7. The van der Waals surface area contributed by atoms with E-state index in [0.717, 1.165) is 22.5 Å². The highest BCUT2D eigenvalue weighted by molar-refractivity contribution is 7.99. The molecule has 4 rings (SSSR count). The molecule has 0 unspecified atom stereocenters. The van der Waals surface area contributed by atoms with E-state index in [-0.39, 0.29) is 24.1 Å².